The van der Waals surface area contributed by atoms with Crippen molar-refractivity contribution in [3.63, 3.8) is 0 Å². The van der Waals surface area contributed by atoms with E-state index in [1.54, 1.807) is 0 Å². The maximum absolute atomic E-state index is 4.87. The topological polar surface area (TPSA) is 41.1 Å². The molecule has 1 aliphatic heterocycles. The predicted octanol–water partition coefficient (Wildman–Crippen LogP) is 4.24. The van der Waals surface area contributed by atoms with Gasteiger partial charge in [0.15, 0.2) is 0 Å². The standard InChI is InChI=1S/C21H32N4/c1-15(2)9-11-22-18-6-5-12-25(13-10-18)21-23-17(4)19-8-7-16(3)14-20(19)24-21/h7-8,14-15,18,22H,5-6,9-13H2,1-4H3. The van der Waals surface area contributed by atoms with Crippen molar-refractivity contribution in [2.45, 2.75) is 59.4 Å². The summed E-state index contributed by atoms with van der Waals surface area (Å²) in [4.78, 5) is 12.0. The number of nitrogens with one attached hydrogen (secondary N) is 1. The minimum atomic E-state index is 0.632. The first-order valence-electron chi connectivity index (χ1n) is 9.76. The van der Waals surface area contributed by atoms with Gasteiger partial charge in [-0.15, -0.1) is 0 Å². The van der Waals surface area contributed by atoms with Crippen molar-refractivity contribution in [3.8, 4) is 0 Å². The van der Waals surface area contributed by atoms with E-state index >= 15 is 0 Å². The van der Waals surface area contributed by atoms with Gasteiger partial charge in [-0.2, -0.15) is 0 Å². The summed E-state index contributed by atoms with van der Waals surface area (Å²) < 4.78 is 0. The number of nitrogens with zero attached hydrogens (tertiary/aromatic N) is 3. The van der Waals surface area contributed by atoms with Gasteiger partial charge in [0, 0.05) is 24.5 Å². The second-order valence-corrected chi connectivity index (χ2v) is 7.88. The van der Waals surface area contributed by atoms with Gasteiger partial charge in [0.25, 0.3) is 0 Å². The van der Waals surface area contributed by atoms with Crippen molar-refractivity contribution >= 4 is 16.9 Å². The summed E-state index contributed by atoms with van der Waals surface area (Å²) in [5, 5.41) is 4.91. The molecule has 4 nitrogen and oxygen atoms in total. The van der Waals surface area contributed by atoms with E-state index in [0.29, 0.717) is 6.04 Å². The molecule has 0 aliphatic carbocycles. The number of fused-ring (bicyclic) bond motifs is 1. The monoisotopic (exact) mass is 340 g/mol. The smallest absolute Gasteiger partial charge is 0.226 e. The van der Waals surface area contributed by atoms with Gasteiger partial charge in [-0.3, -0.25) is 0 Å². The van der Waals surface area contributed by atoms with Crippen LogP contribution < -0.4 is 10.2 Å². The van der Waals surface area contributed by atoms with Gasteiger partial charge in [0.1, 0.15) is 0 Å². The van der Waals surface area contributed by atoms with Crippen LogP contribution in [0.3, 0.4) is 0 Å². The molecule has 1 aromatic heterocycles. The van der Waals surface area contributed by atoms with Crippen LogP contribution in [0, 0.1) is 19.8 Å². The number of hydrogen-bond donors (Lipinski definition) is 1. The minimum Gasteiger partial charge on any atom is -0.341 e. The largest absolute Gasteiger partial charge is 0.341 e. The zero-order valence-electron chi connectivity index (χ0n) is 16.2. The van der Waals surface area contributed by atoms with Crippen LogP contribution in [0.5, 0.6) is 0 Å². The summed E-state index contributed by atoms with van der Waals surface area (Å²) >= 11 is 0. The summed E-state index contributed by atoms with van der Waals surface area (Å²) in [6, 6.07) is 7.08. The summed E-state index contributed by atoms with van der Waals surface area (Å²) in [6.45, 7) is 12.0. The zero-order valence-corrected chi connectivity index (χ0v) is 16.2. The van der Waals surface area contributed by atoms with E-state index in [1.807, 2.05) is 0 Å². The molecule has 0 bridgehead atoms. The number of hydrogen-bond acceptors (Lipinski definition) is 4. The summed E-state index contributed by atoms with van der Waals surface area (Å²) in [6.07, 6.45) is 4.88. The van der Waals surface area contributed by atoms with Crippen molar-refractivity contribution in [2.75, 3.05) is 24.5 Å². The van der Waals surface area contributed by atoms with Crippen molar-refractivity contribution in [1.29, 1.82) is 0 Å². The van der Waals surface area contributed by atoms with E-state index in [0.717, 1.165) is 48.1 Å². The lowest BCUT2D eigenvalue weighted by Crippen LogP contribution is -2.32. The highest BCUT2D eigenvalue weighted by Crippen LogP contribution is 2.22. The van der Waals surface area contributed by atoms with Crippen LogP contribution in [0.2, 0.25) is 0 Å². The van der Waals surface area contributed by atoms with Gasteiger partial charge in [-0.25, -0.2) is 9.97 Å². The number of benzene rings is 1. The second kappa shape index (κ2) is 8.13. The molecule has 0 saturated carbocycles. The molecule has 1 aromatic carbocycles. The molecule has 136 valence electrons. The first kappa shape index (κ1) is 18.1. The molecule has 0 spiro atoms. The van der Waals surface area contributed by atoms with E-state index in [1.165, 1.54) is 31.2 Å². The highest BCUT2D eigenvalue weighted by Gasteiger charge is 2.19. The molecule has 1 aliphatic rings. The lowest BCUT2D eigenvalue weighted by Gasteiger charge is -2.22. The van der Waals surface area contributed by atoms with E-state index in [-0.39, 0.29) is 0 Å². The Hall–Kier alpha value is -1.68. The van der Waals surface area contributed by atoms with Crippen LogP contribution >= 0.6 is 0 Å². The maximum atomic E-state index is 4.87. The van der Waals surface area contributed by atoms with Gasteiger partial charge >= 0.3 is 0 Å². The Bertz CT molecular complexity index is 710. The van der Waals surface area contributed by atoms with Crippen LogP contribution in [0.4, 0.5) is 5.95 Å². The van der Waals surface area contributed by atoms with E-state index < -0.39 is 0 Å². The number of aryl methyl sites for hydroxylation is 2. The van der Waals surface area contributed by atoms with Gasteiger partial charge in [0.05, 0.1) is 11.2 Å². The van der Waals surface area contributed by atoms with E-state index in [9.17, 15) is 0 Å². The Morgan fingerprint density at radius 3 is 2.80 bits per heavy atom. The molecule has 1 fully saturated rings. The average Bonchev–Trinajstić information content (AvgIpc) is 2.80. The Labute approximate surface area is 152 Å². The van der Waals surface area contributed by atoms with Gasteiger partial charge < -0.3 is 10.2 Å². The third-order valence-corrected chi connectivity index (χ3v) is 5.20. The molecule has 25 heavy (non-hydrogen) atoms. The van der Waals surface area contributed by atoms with Crippen molar-refractivity contribution in [1.82, 2.24) is 15.3 Å². The first-order valence-corrected chi connectivity index (χ1v) is 9.76. The van der Waals surface area contributed by atoms with E-state index in [4.69, 9.17) is 9.97 Å². The van der Waals surface area contributed by atoms with Gasteiger partial charge in [0.2, 0.25) is 5.95 Å². The molecule has 2 heterocycles. The quantitative estimate of drug-likeness (QED) is 0.884. The molecule has 3 rings (SSSR count). The number of anilines is 1. The summed E-state index contributed by atoms with van der Waals surface area (Å²) in [7, 11) is 0. The lowest BCUT2D eigenvalue weighted by atomic mass is 10.1. The highest BCUT2D eigenvalue weighted by atomic mass is 15.3. The van der Waals surface area contributed by atoms with Crippen LogP contribution in [0.15, 0.2) is 18.2 Å². The number of rotatable bonds is 5. The molecule has 1 saturated heterocycles. The minimum absolute atomic E-state index is 0.632. The molecule has 0 amide bonds. The lowest BCUT2D eigenvalue weighted by molar-refractivity contribution is 0.440. The summed E-state index contributed by atoms with van der Waals surface area (Å²) in [5.74, 6) is 1.67. The normalized spacial score (nSPS) is 18.8. The number of aromatic nitrogens is 2. The Balaban J connectivity index is 1.69. The average molecular weight is 341 g/mol. The van der Waals surface area contributed by atoms with Gasteiger partial charge in [-0.05, 0) is 63.6 Å². The molecule has 1 N–H and O–H groups in total. The molecular weight excluding hydrogens is 308 g/mol. The third kappa shape index (κ3) is 4.69. The molecular formula is C21H32N4. The highest BCUT2D eigenvalue weighted by molar-refractivity contribution is 5.82. The first-order chi connectivity index (χ1) is 12.0. The zero-order chi connectivity index (χ0) is 17.8. The predicted molar refractivity (Wildman–Crippen MR) is 106 cm³/mol. The molecule has 0 radical (unpaired) electrons. The van der Waals surface area contributed by atoms with Crippen molar-refractivity contribution in [2.24, 2.45) is 5.92 Å². The van der Waals surface area contributed by atoms with Crippen LogP contribution in [0.25, 0.3) is 10.9 Å². The molecule has 1 unspecified atom stereocenters. The molecule has 1 atom stereocenters. The molecule has 2 aromatic rings. The van der Waals surface area contributed by atoms with Crippen LogP contribution in [0.1, 0.15) is 50.8 Å². The third-order valence-electron chi connectivity index (χ3n) is 5.20. The second-order valence-electron chi connectivity index (χ2n) is 7.88. The van der Waals surface area contributed by atoms with Crippen molar-refractivity contribution < 1.29 is 0 Å². The fourth-order valence-electron chi connectivity index (χ4n) is 3.60. The van der Waals surface area contributed by atoms with Gasteiger partial charge in [-0.1, -0.05) is 26.0 Å². The van der Waals surface area contributed by atoms with Crippen molar-refractivity contribution in [3.05, 3.63) is 29.5 Å². The fraction of sp³-hybridized carbons (Fsp3) is 0.619. The SMILES string of the molecule is Cc1ccc2c(C)nc(N3CCCC(NCCC(C)C)CC3)nc2c1. The fourth-order valence-corrected chi connectivity index (χ4v) is 3.60. The Kier molecular flexibility index (Phi) is 5.89. The summed E-state index contributed by atoms with van der Waals surface area (Å²) in [5.41, 5.74) is 3.40. The van der Waals surface area contributed by atoms with Crippen LogP contribution in [-0.2, 0) is 0 Å². The van der Waals surface area contributed by atoms with Crippen LogP contribution in [-0.4, -0.2) is 35.6 Å². The Morgan fingerprint density at radius 1 is 1.16 bits per heavy atom. The Morgan fingerprint density at radius 2 is 2.00 bits per heavy atom. The maximum Gasteiger partial charge on any atom is 0.226 e. The van der Waals surface area contributed by atoms with E-state index in [2.05, 4.69) is 56.1 Å². The molecule has 4 heteroatoms.